The van der Waals surface area contributed by atoms with Gasteiger partial charge in [-0.15, -0.1) is 0 Å². The molecule has 0 bridgehead atoms. The number of nitrogens with zero attached hydrogens (tertiary/aromatic N) is 4. The Labute approximate surface area is 124 Å². The van der Waals surface area contributed by atoms with Crippen LogP contribution in [-0.4, -0.2) is 85.4 Å². The maximum Gasteiger partial charge on any atom is 0.246 e. The number of aromatic nitrogens is 2. The molecule has 1 aliphatic rings. The molecule has 2 rings (SSSR count). The largest absolute Gasteiger partial charge is 0.348 e. The Morgan fingerprint density at radius 2 is 1.95 bits per heavy atom. The van der Waals surface area contributed by atoms with Gasteiger partial charge in [-0.05, 0) is 6.92 Å². The van der Waals surface area contributed by atoms with Crippen molar-refractivity contribution >= 4 is 15.9 Å². The molecule has 9 heteroatoms. The molecule has 1 aromatic heterocycles. The van der Waals surface area contributed by atoms with Crippen LogP contribution in [0.25, 0.3) is 0 Å². The van der Waals surface area contributed by atoms with E-state index in [-0.39, 0.29) is 10.8 Å². The molecule has 0 aromatic carbocycles. The third-order valence-electron chi connectivity index (χ3n) is 3.59. The van der Waals surface area contributed by atoms with Gasteiger partial charge in [-0.25, -0.2) is 8.42 Å². The summed E-state index contributed by atoms with van der Waals surface area (Å²) in [5.74, 6) is 0.0250. The van der Waals surface area contributed by atoms with Gasteiger partial charge in [0.15, 0.2) is 0 Å². The van der Waals surface area contributed by atoms with E-state index in [4.69, 9.17) is 0 Å². The van der Waals surface area contributed by atoms with Gasteiger partial charge in [0, 0.05) is 40.3 Å². The van der Waals surface area contributed by atoms with Crippen molar-refractivity contribution in [2.45, 2.75) is 11.8 Å². The number of carbonyl (C=O) groups is 1. The molecule has 0 unspecified atom stereocenters. The number of aromatic amines is 1. The number of hydrogen-bond acceptors (Lipinski definition) is 5. The minimum absolute atomic E-state index is 0.0250. The summed E-state index contributed by atoms with van der Waals surface area (Å²) in [5.41, 5.74) is 0.542. The number of nitrogens with one attached hydrogen (secondary N) is 1. The summed E-state index contributed by atoms with van der Waals surface area (Å²) >= 11 is 0. The van der Waals surface area contributed by atoms with Crippen molar-refractivity contribution in [1.82, 2.24) is 24.3 Å². The van der Waals surface area contributed by atoms with Crippen LogP contribution in [0.4, 0.5) is 0 Å². The zero-order valence-electron chi connectivity index (χ0n) is 12.5. The topological polar surface area (TPSA) is 89.6 Å². The monoisotopic (exact) mass is 315 g/mol. The van der Waals surface area contributed by atoms with Crippen LogP contribution < -0.4 is 0 Å². The summed E-state index contributed by atoms with van der Waals surface area (Å²) in [6, 6.07) is 0. The minimum Gasteiger partial charge on any atom is -0.348 e. The minimum atomic E-state index is -3.50. The number of H-pyrrole nitrogens is 1. The summed E-state index contributed by atoms with van der Waals surface area (Å²) in [5, 5.41) is 6.41. The number of piperazine rings is 1. The predicted octanol–water partition coefficient (Wildman–Crippen LogP) is -0.887. The molecule has 0 radical (unpaired) electrons. The van der Waals surface area contributed by atoms with Crippen LogP contribution in [0.15, 0.2) is 11.1 Å². The van der Waals surface area contributed by atoms with Crippen LogP contribution in [0.5, 0.6) is 0 Å². The molecule has 8 nitrogen and oxygen atoms in total. The first kappa shape index (κ1) is 15.9. The number of carbonyl (C=O) groups excluding carboxylic acids is 1. The van der Waals surface area contributed by atoms with E-state index in [0.717, 1.165) is 0 Å². The zero-order chi connectivity index (χ0) is 15.6. The summed E-state index contributed by atoms with van der Waals surface area (Å²) < 4.78 is 26.4. The Morgan fingerprint density at radius 3 is 2.43 bits per heavy atom. The summed E-state index contributed by atoms with van der Waals surface area (Å²) in [6.45, 7) is 3.88. The maximum atomic E-state index is 12.5. The molecule has 1 saturated heterocycles. The molecule has 21 heavy (non-hydrogen) atoms. The van der Waals surface area contributed by atoms with Gasteiger partial charge in [-0.1, -0.05) is 0 Å². The van der Waals surface area contributed by atoms with Gasteiger partial charge < -0.3 is 4.90 Å². The highest BCUT2D eigenvalue weighted by molar-refractivity contribution is 7.89. The molecule has 2 heterocycles. The van der Waals surface area contributed by atoms with E-state index in [1.165, 1.54) is 15.4 Å². The molecule has 1 amide bonds. The molecule has 1 N–H and O–H groups in total. The van der Waals surface area contributed by atoms with Crippen molar-refractivity contribution in [1.29, 1.82) is 0 Å². The van der Waals surface area contributed by atoms with Crippen LogP contribution in [0.3, 0.4) is 0 Å². The van der Waals surface area contributed by atoms with Crippen LogP contribution in [-0.2, 0) is 14.8 Å². The lowest BCUT2D eigenvalue weighted by Gasteiger charge is -2.33. The van der Waals surface area contributed by atoms with Crippen molar-refractivity contribution in [3.8, 4) is 0 Å². The second kappa shape index (κ2) is 6.12. The SMILES string of the molecule is Cc1[nH]ncc1S(=O)(=O)N1CCN(CC(=O)N(C)C)CC1. The van der Waals surface area contributed by atoms with Gasteiger partial charge >= 0.3 is 0 Å². The lowest BCUT2D eigenvalue weighted by molar-refractivity contribution is -0.130. The van der Waals surface area contributed by atoms with E-state index in [1.807, 2.05) is 4.90 Å². The second-order valence-corrected chi connectivity index (χ2v) is 7.23. The number of amides is 1. The van der Waals surface area contributed by atoms with E-state index >= 15 is 0 Å². The molecule has 1 aliphatic heterocycles. The van der Waals surface area contributed by atoms with E-state index in [9.17, 15) is 13.2 Å². The molecule has 1 aromatic rings. The first-order valence-electron chi connectivity index (χ1n) is 6.75. The number of sulfonamides is 1. The molecular formula is C12H21N5O3S. The molecule has 0 atom stereocenters. The maximum absolute atomic E-state index is 12.5. The third kappa shape index (κ3) is 3.42. The van der Waals surface area contributed by atoms with Crippen LogP contribution in [0, 0.1) is 6.92 Å². The Morgan fingerprint density at radius 1 is 1.33 bits per heavy atom. The van der Waals surface area contributed by atoms with Crippen molar-refractivity contribution in [2.24, 2.45) is 0 Å². The predicted molar refractivity (Wildman–Crippen MR) is 77.2 cm³/mol. The third-order valence-corrected chi connectivity index (χ3v) is 5.60. The summed E-state index contributed by atoms with van der Waals surface area (Å²) in [6.07, 6.45) is 1.34. The Hall–Kier alpha value is -1.45. The number of likely N-dealkylation sites (N-methyl/N-ethyl adjacent to an activating group) is 1. The van der Waals surface area contributed by atoms with E-state index in [2.05, 4.69) is 10.2 Å². The fourth-order valence-corrected chi connectivity index (χ4v) is 3.74. The lowest BCUT2D eigenvalue weighted by Crippen LogP contribution is -2.50. The smallest absolute Gasteiger partial charge is 0.246 e. The van der Waals surface area contributed by atoms with Crippen LogP contribution in [0.2, 0.25) is 0 Å². The normalized spacial score (nSPS) is 17.9. The highest BCUT2D eigenvalue weighted by Crippen LogP contribution is 2.19. The van der Waals surface area contributed by atoms with E-state index in [1.54, 1.807) is 21.0 Å². The van der Waals surface area contributed by atoms with Crippen molar-refractivity contribution in [2.75, 3.05) is 46.8 Å². The summed E-state index contributed by atoms with van der Waals surface area (Å²) in [7, 11) is -0.0740. The van der Waals surface area contributed by atoms with Gasteiger partial charge in [0.2, 0.25) is 15.9 Å². The average molecular weight is 315 g/mol. The standard InChI is InChI=1S/C12H21N5O3S/c1-10-11(8-13-14-10)21(19,20)17-6-4-16(5-7-17)9-12(18)15(2)3/h8H,4-7,9H2,1-3H3,(H,13,14). The summed E-state index contributed by atoms with van der Waals surface area (Å²) in [4.78, 5) is 15.4. The van der Waals surface area contributed by atoms with E-state index < -0.39 is 10.0 Å². The first-order valence-corrected chi connectivity index (χ1v) is 8.19. The fraction of sp³-hybridized carbons (Fsp3) is 0.667. The first-order chi connectivity index (χ1) is 9.82. The molecule has 0 spiro atoms. The van der Waals surface area contributed by atoms with Crippen molar-refractivity contribution in [3.63, 3.8) is 0 Å². The van der Waals surface area contributed by atoms with Crippen molar-refractivity contribution in [3.05, 3.63) is 11.9 Å². The zero-order valence-corrected chi connectivity index (χ0v) is 13.4. The Balaban J connectivity index is 1.98. The van der Waals surface area contributed by atoms with Gasteiger partial charge in [-0.2, -0.15) is 9.40 Å². The van der Waals surface area contributed by atoms with Gasteiger partial charge in [0.1, 0.15) is 4.90 Å². The molecular weight excluding hydrogens is 294 g/mol. The quantitative estimate of drug-likeness (QED) is 0.779. The highest BCUT2D eigenvalue weighted by Gasteiger charge is 2.30. The Kier molecular flexibility index (Phi) is 4.64. The van der Waals surface area contributed by atoms with Crippen molar-refractivity contribution < 1.29 is 13.2 Å². The Bertz CT molecular complexity index is 602. The highest BCUT2D eigenvalue weighted by atomic mass is 32.2. The molecule has 0 aliphatic carbocycles. The molecule has 1 fully saturated rings. The fourth-order valence-electron chi connectivity index (χ4n) is 2.20. The van der Waals surface area contributed by atoms with Gasteiger partial charge in [0.05, 0.1) is 18.4 Å². The lowest BCUT2D eigenvalue weighted by atomic mass is 10.3. The number of hydrogen-bond donors (Lipinski definition) is 1. The average Bonchev–Trinajstić information content (AvgIpc) is 2.86. The number of rotatable bonds is 4. The molecule has 118 valence electrons. The van der Waals surface area contributed by atoms with Crippen LogP contribution in [0.1, 0.15) is 5.69 Å². The molecule has 0 saturated carbocycles. The van der Waals surface area contributed by atoms with Gasteiger partial charge in [0.25, 0.3) is 0 Å². The number of aryl methyl sites for hydroxylation is 1. The van der Waals surface area contributed by atoms with E-state index in [0.29, 0.717) is 38.4 Å². The second-order valence-electron chi connectivity index (χ2n) is 5.33. The van der Waals surface area contributed by atoms with Gasteiger partial charge in [-0.3, -0.25) is 14.8 Å². The van der Waals surface area contributed by atoms with Crippen LogP contribution >= 0.6 is 0 Å².